The Hall–Kier alpha value is -1.71. The van der Waals surface area contributed by atoms with Crippen molar-refractivity contribution in [2.24, 2.45) is 10.7 Å². The average Bonchev–Trinajstić information content (AvgIpc) is 2.29. The smallest absolute Gasteiger partial charge is 0.128 e. The van der Waals surface area contributed by atoms with Crippen molar-refractivity contribution in [2.75, 3.05) is 7.05 Å². The van der Waals surface area contributed by atoms with Crippen molar-refractivity contribution >= 4 is 5.84 Å². The minimum Gasteiger partial charge on any atom is -0.384 e. The maximum Gasteiger partial charge on any atom is 0.128 e. The molecule has 0 saturated carbocycles. The largest absolute Gasteiger partial charge is 0.384 e. The molecule has 0 amide bonds. The second-order valence-corrected chi connectivity index (χ2v) is 3.20. The van der Waals surface area contributed by atoms with Crippen LogP contribution in [0, 0.1) is 0 Å². The summed E-state index contributed by atoms with van der Waals surface area (Å²) in [5, 5.41) is 0. The van der Waals surface area contributed by atoms with Crippen LogP contribution in [0.5, 0.6) is 0 Å². The summed E-state index contributed by atoms with van der Waals surface area (Å²) in [6.07, 6.45) is 7.27. The molecule has 0 aromatic carbocycles. The van der Waals surface area contributed by atoms with E-state index in [-0.39, 0.29) is 0 Å². The highest BCUT2D eigenvalue weighted by atomic mass is 14.8. The number of amidine groups is 1. The topological polar surface area (TPSA) is 64.2 Å². The molecule has 0 aliphatic rings. The number of aryl methyl sites for hydroxylation is 1. The third-order valence-electron chi connectivity index (χ3n) is 2.08. The molecule has 15 heavy (non-hydrogen) atoms. The molecule has 2 N–H and O–H groups in total. The highest BCUT2D eigenvalue weighted by Crippen LogP contribution is 2.00. The fourth-order valence-corrected chi connectivity index (χ4v) is 1.16. The lowest BCUT2D eigenvalue weighted by Gasteiger charge is -1.99. The van der Waals surface area contributed by atoms with Crippen LogP contribution in [0.3, 0.4) is 0 Å². The van der Waals surface area contributed by atoms with Crippen molar-refractivity contribution in [3.05, 3.63) is 35.9 Å². The van der Waals surface area contributed by atoms with Crippen molar-refractivity contribution in [2.45, 2.75) is 19.8 Å². The van der Waals surface area contributed by atoms with Gasteiger partial charge in [-0.1, -0.05) is 6.08 Å². The molecule has 4 heteroatoms. The lowest BCUT2D eigenvalue weighted by Crippen LogP contribution is -2.12. The van der Waals surface area contributed by atoms with Crippen LogP contribution >= 0.6 is 0 Å². The quantitative estimate of drug-likeness (QED) is 0.594. The lowest BCUT2D eigenvalue weighted by molar-refractivity contribution is 0.875. The molecule has 0 atom stereocenters. The molecule has 0 spiro atoms. The second-order valence-electron chi connectivity index (χ2n) is 3.20. The number of allylic oxidation sites excluding steroid dienone is 1. The third kappa shape index (κ3) is 3.89. The molecule has 0 bridgehead atoms. The van der Waals surface area contributed by atoms with E-state index in [2.05, 4.69) is 21.0 Å². The summed E-state index contributed by atoms with van der Waals surface area (Å²) in [6.45, 7) is 1.95. The van der Waals surface area contributed by atoms with Gasteiger partial charge in [0.1, 0.15) is 11.7 Å². The first-order chi connectivity index (χ1) is 7.24. The van der Waals surface area contributed by atoms with Gasteiger partial charge in [0, 0.05) is 25.9 Å². The Morgan fingerprint density at radius 1 is 1.47 bits per heavy atom. The Morgan fingerprint density at radius 2 is 2.13 bits per heavy atom. The van der Waals surface area contributed by atoms with Gasteiger partial charge in [0.25, 0.3) is 0 Å². The highest BCUT2D eigenvalue weighted by molar-refractivity contribution is 5.96. The maximum absolute atomic E-state index is 5.65. The van der Waals surface area contributed by atoms with Crippen LogP contribution in [0.4, 0.5) is 0 Å². The first kappa shape index (κ1) is 11.4. The molecule has 1 heterocycles. The van der Waals surface area contributed by atoms with Gasteiger partial charge in [0.2, 0.25) is 0 Å². The Bertz CT molecular complexity index is 354. The van der Waals surface area contributed by atoms with E-state index >= 15 is 0 Å². The predicted molar refractivity (Wildman–Crippen MR) is 61.7 cm³/mol. The van der Waals surface area contributed by atoms with Crippen LogP contribution in [-0.2, 0) is 6.42 Å². The second kappa shape index (κ2) is 5.90. The van der Waals surface area contributed by atoms with Crippen molar-refractivity contribution in [1.82, 2.24) is 9.97 Å². The fraction of sp³-hybridized carbons (Fsp3) is 0.364. The number of nitrogens with zero attached hydrogens (tertiary/aromatic N) is 3. The van der Waals surface area contributed by atoms with Crippen LogP contribution in [0.25, 0.3) is 0 Å². The number of aliphatic imine (C=N–C) groups is 1. The molecule has 0 saturated heterocycles. The van der Waals surface area contributed by atoms with E-state index in [4.69, 9.17) is 5.73 Å². The minimum absolute atomic E-state index is 0.587. The molecular formula is C11H16N4. The molecule has 0 unspecified atom stereocenters. The molecule has 1 aromatic rings. The van der Waals surface area contributed by atoms with Crippen molar-refractivity contribution in [3.63, 3.8) is 0 Å². The molecule has 4 nitrogen and oxygen atoms in total. The summed E-state index contributed by atoms with van der Waals surface area (Å²) < 4.78 is 0. The summed E-state index contributed by atoms with van der Waals surface area (Å²) >= 11 is 0. The molecule has 0 radical (unpaired) electrons. The highest BCUT2D eigenvalue weighted by Gasteiger charge is 1.95. The van der Waals surface area contributed by atoms with E-state index in [0.717, 1.165) is 24.2 Å². The minimum atomic E-state index is 0.587. The van der Waals surface area contributed by atoms with Gasteiger partial charge in [-0.3, -0.25) is 4.99 Å². The van der Waals surface area contributed by atoms with E-state index in [9.17, 15) is 0 Å². The zero-order chi connectivity index (χ0) is 11.1. The lowest BCUT2D eigenvalue weighted by atomic mass is 10.2. The molecule has 0 fully saturated rings. The zero-order valence-electron chi connectivity index (χ0n) is 9.14. The molecule has 0 aliphatic carbocycles. The zero-order valence-corrected chi connectivity index (χ0v) is 9.14. The Labute approximate surface area is 90.0 Å². The van der Waals surface area contributed by atoms with E-state index in [1.165, 1.54) is 0 Å². The van der Waals surface area contributed by atoms with E-state index in [1.54, 1.807) is 19.4 Å². The number of nitrogens with two attached hydrogens (primary N) is 1. The molecule has 1 rings (SSSR count). The van der Waals surface area contributed by atoms with Gasteiger partial charge in [0.15, 0.2) is 0 Å². The number of rotatable bonds is 4. The van der Waals surface area contributed by atoms with Crippen LogP contribution in [0.15, 0.2) is 35.1 Å². The van der Waals surface area contributed by atoms with Crippen LogP contribution < -0.4 is 5.73 Å². The van der Waals surface area contributed by atoms with Gasteiger partial charge >= 0.3 is 0 Å². The van der Waals surface area contributed by atoms with E-state index in [0.29, 0.717) is 5.84 Å². The van der Waals surface area contributed by atoms with Crippen LogP contribution in [0.2, 0.25) is 0 Å². The summed E-state index contributed by atoms with van der Waals surface area (Å²) in [6, 6.07) is 1.81. The van der Waals surface area contributed by atoms with Gasteiger partial charge in [-0.05, 0) is 25.0 Å². The van der Waals surface area contributed by atoms with Crippen LogP contribution in [-0.4, -0.2) is 22.9 Å². The molecule has 1 aromatic heterocycles. The standard InChI is InChI=1S/C11H16N4/c1-9(11(12)13-2)5-3-6-10-14-7-4-8-15-10/h4-5,7-8H,3,6H2,1-2H3,(H2,12,13)/b9-5-. The Balaban J connectivity index is 2.46. The summed E-state index contributed by atoms with van der Waals surface area (Å²) in [7, 11) is 1.69. The number of aromatic nitrogens is 2. The van der Waals surface area contributed by atoms with Crippen molar-refractivity contribution in [1.29, 1.82) is 0 Å². The first-order valence-corrected chi connectivity index (χ1v) is 4.89. The Morgan fingerprint density at radius 3 is 2.73 bits per heavy atom. The normalized spacial score (nSPS) is 12.9. The maximum atomic E-state index is 5.65. The van der Waals surface area contributed by atoms with E-state index < -0.39 is 0 Å². The van der Waals surface area contributed by atoms with Crippen molar-refractivity contribution < 1.29 is 0 Å². The SMILES string of the molecule is CN=C(N)/C(C)=C\CCc1ncccn1. The molecule has 0 aliphatic heterocycles. The van der Waals surface area contributed by atoms with Crippen LogP contribution in [0.1, 0.15) is 19.2 Å². The predicted octanol–water partition coefficient (Wildman–Crippen LogP) is 1.34. The van der Waals surface area contributed by atoms with Gasteiger partial charge < -0.3 is 5.73 Å². The fourth-order valence-electron chi connectivity index (χ4n) is 1.16. The van der Waals surface area contributed by atoms with Gasteiger partial charge in [0.05, 0.1) is 0 Å². The number of hydrogen-bond donors (Lipinski definition) is 1. The van der Waals surface area contributed by atoms with Gasteiger partial charge in [-0.25, -0.2) is 9.97 Å². The summed E-state index contributed by atoms with van der Waals surface area (Å²) in [5.41, 5.74) is 6.65. The number of hydrogen-bond acceptors (Lipinski definition) is 3. The molecule has 80 valence electrons. The monoisotopic (exact) mass is 204 g/mol. The first-order valence-electron chi connectivity index (χ1n) is 4.89. The summed E-state index contributed by atoms with van der Waals surface area (Å²) in [4.78, 5) is 12.2. The van der Waals surface area contributed by atoms with Gasteiger partial charge in [-0.15, -0.1) is 0 Å². The summed E-state index contributed by atoms with van der Waals surface area (Å²) in [5.74, 6) is 1.44. The Kier molecular flexibility index (Phi) is 4.47. The average molecular weight is 204 g/mol. The third-order valence-corrected chi connectivity index (χ3v) is 2.08. The molecular weight excluding hydrogens is 188 g/mol. The van der Waals surface area contributed by atoms with E-state index in [1.807, 2.05) is 13.0 Å². The van der Waals surface area contributed by atoms with Crippen molar-refractivity contribution in [3.8, 4) is 0 Å². The van der Waals surface area contributed by atoms with Gasteiger partial charge in [-0.2, -0.15) is 0 Å².